The highest BCUT2D eigenvalue weighted by Crippen LogP contribution is 2.33. The van der Waals surface area contributed by atoms with Crippen molar-refractivity contribution in [2.24, 2.45) is 0 Å². The summed E-state index contributed by atoms with van der Waals surface area (Å²) in [4.78, 5) is 3.76. The van der Waals surface area contributed by atoms with Crippen LogP contribution in [0.25, 0.3) is 6.08 Å². The van der Waals surface area contributed by atoms with Crippen molar-refractivity contribution in [1.82, 2.24) is 4.98 Å². The number of pyridine rings is 1. The zero-order valence-corrected chi connectivity index (χ0v) is 7.52. The van der Waals surface area contributed by atoms with Crippen molar-refractivity contribution in [3.8, 4) is 0 Å². The number of aromatic nitrogens is 1. The lowest BCUT2D eigenvalue weighted by atomic mass is 10.1. The first kappa shape index (κ1) is 10.6. The van der Waals surface area contributed by atoms with E-state index in [1.165, 1.54) is 7.05 Å². The second-order valence-electron chi connectivity index (χ2n) is 2.61. The molecule has 0 atom stereocenters. The third kappa shape index (κ3) is 2.04. The average Bonchev–Trinajstić information content (AvgIpc) is 2.15. The molecule has 1 N–H and O–H groups in total. The topological polar surface area (TPSA) is 24.9 Å². The Labute approximate surface area is 79.5 Å². The smallest absolute Gasteiger partial charge is 0.373 e. The predicted octanol–water partition coefficient (Wildman–Crippen LogP) is 2.79. The molecule has 5 heteroatoms. The van der Waals surface area contributed by atoms with Crippen LogP contribution in [0.2, 0.25) is 0 Å². The minimum Gasteiger partial charge on any atom is -0.373 e. The summed E-state index contributed by atoms with van der Waals surface area (Å²) in [5, 5.41) is 2.55. The number of hydrogen-bond acceptors (Lipinski definition) is 2. The molecule has 1 aromatic heterocycles. The summed E-state index contributed by atoms with van der Waals surface area (Å²) in [6.07, 6.45) is -2.10. The molecule has 0 bridgehead atoms. The summed E-state index contributed by atoms with van der Waals surface area (Å²) in [6.45, 7) is 3.30. The van der Waals surface area contributed by atoms with Crippen LogP contribution in [0.5, 0.6) is 0 Å². The zero-order valence-electron chi connectivity index (χ0n) is 7.52. The van der Waals surface area contributed by atoms with Crippen molar-refractivity contribution in [2.45, 2.75) is 6.18 Å². The van der Waals surface area contributed by atoms with Crippen molar-refractivity contribution in [1.29, 1.82) is 0 Å². The summed E-state index contributed by atoms with van der Waals surface area (Å²) in [6, 6.07) is 0.955. The Hall–Kier alpha value is -1.52. The highest BCUT2D eigenvalue weighted by Gasteiger charge is 2.33. The van der Waals surface area contributed by atoms with E-state index in [-0.39, 0.29) is 11.4 Å². The van der Waals surface area contributed by atoms with Crippen LogP contribution in [0, 0.1) is 0 Å². The van der Waals surface area contributed by atoms with E-state index in [1.807, 2.05) is 0 Å². The number of rotatable bonds is 2. The Bertz CT molecular complexity index is 344. The van der Waals surface area contributed by atoms with E-state index in [4.69, 9.17) is 0 Å². The molecule has 0 radical (unpaired) electrons. The molecule has 0 aliphatic rings. The molecule has 0 aliphatic carbocycles. The first-order valence-electron chi connectivity index (χ1n) is 3.86. The molecule has 0 spiro atoms. The average molecular weight is 202 g/mol. The molecule has 76 valence electrons. The first-order chi connectivity index (χ1) is 6.49. The van der Waals surface area contributed by atoms with Gasteiger partial charge in [0.05, 0.1) is 5.56 Å². The molecule has 0 fully saturated rings. The predicted molar refractivity (Wildman–Crippen MR) is 48.9 cm³/mol. The van der Waals surface area contributed by atoms with E-state index >= 15 is 0 Å². The SMILES string of the molecule is C=Cc1cnc(NC)cc1C(F)(F)F. The van der Waals surface area contributed by atoms with E-state index in [0.717, 1.165) is 18.3 Å². The number of halogens is 3. The van der Waals surface area contributed by atoms with Crippen LogP contribution in [0.15, 0.2) is 18.8 Å². The number of anilines is 1. The second-order valence-corrected chi connectivity index (χ2v) is 2.61. The zero-order chi connectivity index (χ0) is 10.8. The number of nitrogens with zero attached hydrogens (tertiary/aromatic N) is 1. The second kappa shape index (κ2) is 3.69. The Morgan fingerprint density at radius 2 is 2.14 bits per heavy atom. The third-order valence-corrected chi connectivity index (χ3v) is 1.72. The summed E-state index contributed by atoms with van der Waals surface area (Å²) in [7, 11) is 1.51. The van der Waals surface area contributed by atoms with Crippen molar-refractivity contribution in [2.75, 3.05) is 12.4 Å². The lowest BCUT2D eigenvalue weighted by Gasteiger charge is -2.11. The molecule has 0 amide bonds. The first-order valence-corrected chi connectivity index (χ1v) is 3.86. The normalized spacial score (nSPS) is 11.1. The number of hydrogen-bond donors (Lipinski definition) is 1. The van der Waals surface area contributed by atoms with Gasteiger partial charge in [0.1, 0.15) is 5.82 Å². The van der Waals surface area contributed by atoms with Gasteiger partial charge in [-0.2, -0.15) is 13.2 Å². The molecule has 1 aromatic rings. The van der Waals surface area contributed by atoms with Crippen LogP contribution in [-0.2, 0) is 6.18 Å². The van der Waals surface area contributed by atoms with Crippen LogP contribution < -0.4 is 5.32 Å². The van der Waals surface area contributed by atoms with Crippen LogP contribution >= 0.6 is 0 Å². The molecule has 1 heterocycles. The molecule has 0 saturated heterocycles. The Morgan fingerprint density at radius 1 is 1.50 bits per heavy atom. The van der Waals surface area contributed by atoms with E-state index in [0.29, 0.717) is 0 Å². The van der Waals surface area contributed by atoms with Crippen LogP contribution in [-0.4, -0.2) is 12.0 Å². The molecule has 0 unspecified atom stereocenters. The van der Waals surface area contributed by atoms with E-state index in [9.17, 15) is 13.2 Å². The summed E-state index contributed by atoms with van der Waals surface area (Å²) in [5.74, 6) is 0.183. The van der Waals surface area contributed by atoms with Gasteiger partial charge in [0.25, 0.3) is 0 Å². The maximum Gasteiger partial charge on any atom is 0.417 e. The fourth-order valence-electron chi connectivity index (χ4n) is 1.01. The molecule has 1 rings (SSSR count). The van der Waals surface area contributed by atoms with Gasteiger partial charge in [-0.05, 0) is 6.07 Å². The molecule has 0 aliphatic heterocycles. The Morgan fingerprint density at radius 3 is 2.57 bits per heavy atom. The highest BCUT2D eigenvalue weighted by atomic mass is 19.4. The quantitative estimate of drug-likeness (QED) is 0.797. The van der Waals surface area contributed by atoms with Gasteiger partial charge in [-0.1, -0.05) is 12.7 Å². The Kier molecular flexibility index (Phi) is 2.78. The molecule has 14 heavy (non-hydrogen) atoms. The Balaban J connectivity index is 3.29. The monoisotopic (exact) mass is 202 g/mol. The minimum absolute atomic E-state index is 0.0171. The molecule has 0 aromatic carbocycles. The van der Waals surface area contributed by atoms with Gasteiger partial charge in [0, 0.05) is 18.8 Å². The lowest BCUT2D eigenvalue weighted by Crippen LogP contribution is -2.09. The van der Waals surface area contributed by atoms with Gasteiger partial charge in [0.15, 0.2) is 0 Å². The minimum atomic E-state index is -4.38. The van der Waals surface area contributed by atoms with E-state index in [1.54, 1.807) is 0 Å². The van der Waals surface area contributed by atoms with Crippen molar-refractivity contribution < 1.29 is 13.2 Å². The maximum atomic E-state index is 12.4. The molecular formula is C9H9F3N2. The van der Waals surface area contributed by atoms with Crippen molar-refractivity contribution in [3.05, 3.63) is 30.0 Å². The summed E-state index contributed by atoms with van der Waals surface area (Å²) in [5.41, 5.74) is -0.747. The maximum absolute atomic E-state index is 12.4. The fraction of sp³-hybridized carbons (Fsp3) is 0.222. The van der Waals surface area contributed by atoms with Gasteiger partial charge in [-0.25, -0.2) is 4.98 Å². The van der Waals surface area contributed by atoms with Crippen LogP contribution in [0.1, 0.15) is 11.1 Å². The van der Waals surface area contributed by atoms with Crippen LogP contribution in [0.4, 0.5) is 19.0 Å². The van der Waals surface area contributed by atoms with Gasteiger partial charge in [0.2, 0.25) is 0 Å². The van der Waals surface area contributed by atoms with E-state index < -0.39 is 11.7 Å². The largest absolute Gasteiger partial charge is 0.417 e. The molecule has 2 nitrogen and oxygen atoms in total. The van der Waals surface area contributed by atoms with Gasteiger partial charge in [-0.15, -0.1) is 0 Å². The fourth-order valence-corrected chi connectivity index (χ4v) is 1.01. The van der Waals surface area contributed by atoms with Gasteiger partial charge >= 0.3 is 6.18 Å². The molecule has 0 saturated carbocycles. The standard InChI is InChI=1S/C9H9F3N2/c1-3-6-5-14-8(13-2)4-7(6)9(10,11)12/h3-5H,1H2,2H3,(H,13,14). The van der Waals surface area contributed by atoms with Gasteiger partial charge < -0.3 is 5.32 Å². The molecular weight excluding hydrogens is 193 g/mol. The number of alkyl halides is 3. The third-order valence-electron chi connectivity index (χ3n) is 1.72. The van der Waals surface area contributed by atoms with Gasteiger partial charge in [-0.3, -0.25) is 0 Å². The summed E-state index contributed by atoms with van der Waals surface area (Å²) >= 11 is 0. The summed E-state index contributed by atoms with van der Waals surface area (Å²) < 4.78 is 37.3. The van der Waals surface area contributed by atoms with E-state index in [2.05, 4.69) is 16.9 Å². The number of nitrogens with one attached hydrogen (secondary N) is 1. The van der Waals surface area contributed by atoms with Crippen LogP contribution in [0.3, 0.4) is 0 Å². The highest BCUT2D eigenvalue weighted by molar-refractivity contribution is 5.55. The van der Waals surface area contributed by atoms with Crippen molar-refractivity contribution in [3.63, 3.8) is 0 Å². The van der Waals surface area contributed by atoms with Crippen molar-refractivity contribution >= 4 is 11.9 Å². The lowest BCUT2D eigenvalue weighted by molar-refractivity contribution is -0.137.